The summed E-state index contributed by atoms with van der Waals surface area (Å²) in [4.78, 5) is 11.8. The van der Waals surface area contributed by atoms with Crippen molar-refractivity contribution in [2.24, 2.45) is 0 Å². The van der Waals surface area contributed by atoms with Gasteiger partial charge in [-0.15, -0.1) is 8.78 Å². The molecule has 25 heavy (non-hydrogen) atoms. The molecule has 0 aliphatic carbocycles. The molecule has 0 atom stereocenters. The number of halogens is 2. The van der Waals surface area contributed by atoms with Crippen molar-refractivity contribution in [2.75, 3.05) is 11.1 Å². The number of nitrogens with zero attached hydrogens (tertiary/aromatic N) is 1. The van der Waals surface area contributed by atoms with E-state index in [0.717, 1.165) is 0 Å². The van der Waals surface area contributed by atoms with Crippen molar-refractivity contribution in [3.63, 3.8) is 0 Å². The molecule has 1 aromatic heterocycles. The highest BCUT2D eigenvalue weighted by molar-refractivity contribution is 7.91. The third kappa shape index (κ3) is 4.05. The highest BCUT2D eigenvalue weighted by atomic mass is 32.2. The number of aryl methyl sites for hydroxylation is 1. The zero-order valence-corrected chi connectivity index (χ0v) is 13.6. The SMILES string of the molecule is Cc1cc(NC(=O)CS(=O)(=O)Cc2cccc3c2OC(F)(F)O3)no1. The van der Waals surface area contributed by atoms with E-state index in [1.165, 1.54) is 24.3 Å². The van der Waals surface area contributed by atoms with E-state index in [2.05, 4.69) is 19.9 Å². The van der Waals surface area contributed by atoms with Crippen molar-refractivity contribution in [2.45, 2.75) is 19.0 Å². The van der Waals surface area contributed by atoms with Crippen LogP contribution in [0.4, 0.5) is 14.6 Å². The maximum atomic E-state index is 13.1. The molecule has 0 bridgehead atoms. The second kappa shape index (κ2) is 5.99. The highest BCUT2D eigenvalue weighted by Crippen LogP contribution is 2.43. The minimum Gasteiger partial charge on any atom is -0.395 e. The Labute approximate surface area is 140 Å². The van der Waals surface area contributed by atoms with Crippen molar-refractivity contribution >= 4 is 21.6 Å². The first-order valence-electron chi connectivity index (χ1n) is 6.95. The van der Waals surface area contributed by atoms with Gasteiger partial charge in [0.2, 0.25) is 5.91 Å². The van der Waals surface area contributed by atoms with Crippen LogP contribution in [0.5, 0.6) is 11.5 Å². The highest BCUT2D eigenvalue weighted by Gasteiger charge is 2.44. The Morgan fingerprint density at radius 2 is 2.08 bits per heavy atom. The van der Waals surface area contributed by atoms with Gasteiger partial charge in [-0.1, -0.05) is 17.3 Å². The fourth-order valence-corrected chi connectivity index (χ4v) is 3.51. The van der Waals surface area contributed by atoms with Crippen molar-refractivity contribution < 1.29 is 36.0 Å². The van der Waals surface area contributed by atoms with Crippen molar-refractivity contribution in [3.8, 4) is 11.5 Å². The minimum atomic E-state index is -3.96. The summed E-state index contributed by atoms with van der Waals surface area (Å²) in [5.74, 6) is -2.46. The molecule has 1 aliphatic heterocycles. The Morgan fingerprint density at radius 1 is 1.32 bits per heavy atom. The van der Waals surface area contributed by atoms with Gasteiger partial charge >= 0.3 is 6.29 Å². The molecule has 0 radical (unpaired) electrons. The van der Waals surface area contributed by atoms with E-state index in [9.17, 15) is 22.0 Å². The number of para-hydroxylation sites is 1. The van der Waals surface area contributed by atoms with Crippen LogP contribution in [0.1, 0.15) is 11.3 Å². The topological polar surface area (TPSA) is 108 Å². The number of nitrogens with one attached hydrogen (secondary N) is 1. The van der Waals surface area contributed by atoms with Gasteiger partial charge in [0.1, 0.15) is 11.5 Å². The quantitative estimate of drug-likeness (QED) is 0.851. The Hall–Kier alpha value is -2.69. The number of hydrogen-bond donors (Lipinski definition) is 1. The number of hydrogen-bond acceptors (Lipinski definition) is 7. The predicted octanol–water partition coefficient (Wildman–Crippen LogP) is 1.86. The van der Waals surface area contributed by atoms with E-state index in [-0.39, 0.29) is 22.9 Å². The van der Waals surface area contributed by atoms with Crippen LogP contribution in [0.3, 0.4) is 0 Å². The first kappa shape index (κ1) is 17.1. The largest absolute Gasteiger partial charge is 0.586 e. The lowest BCUT2D eigenvalue weighted by Crippen LogP contribution is -2.26. The molecular weight excluding hydrogens is 362 g/mol. The van der Waals surface area contributed by atoms with Crippen LogP contribution in [0.25, 0.3) is 0 Å². The fraction of sp³-hybridized carbons (Fsp3) is 0.286. The zero-order valence-electron chi connectivity index (χ0n) is 12.8. The first-order valence-corrected chi connectivity index (χ1v) is 8.77. The molecule has 0 fully saturated rings. The van der Waals surface area contributed by atoms with Crippen molar-refractivity contribution in [1.82, 2.24) is 5.16 Å². The molecule has 11 heteroatoms. The second-order valence-electron chi connectivity index (χ2n) is 5.32. The third-order valence-corrected chi connectivity index (χ3v) is 4.58. The molecule has 0 saturated heterocycles. The Bertz CT molecular complexity index is 925. The van der Waals surface area contributed by atoms with E-state index in [0.29, 0.717) is 5.76 Å². The maximum absolute atomic E-state index is 13.1. The van der Waals surface area contributed by atoms with Gasteiger partial charge in [0, 0.05) is 11.6 Å². The fourth-order valence-electron chi connectivity index (χ4n) is 2.23. The first-order chi connectivity index (χ1) is 11.6. The summed E-state index contributed by atoms with van der Waals surface area (Å²) < 4.78 is 64.0. The molecule has 134 valence electrons. The van der Waals surface area contributed by atoms with Gasteiger partial charge in [-0.2, -0.15) is 0 Å². The Balaban J connectivity index is 1.70. The molecule has 1 aliphatic rings. The number of rotatable bonds is 5. The average Bonchev–Trinajstić information content (AvgIpc) is 2.99. The van der Waals surface area contributed by atoms with E-state index >= 15 is 0 Å². The van der Waals surface area contributed by atoms with Crippen LogP contribution >= 0.6 is 0 Å². The van der Waals surface area contributed by atoms with Crippen LogP contribution in [0.2, 0.25) is 0 Å². The Kier molecular flexibility index (Phi) is 4.11. The lowest BCUT2D eigenvalue weighted by molar-refractivity contribution is -0.286. The van der Waals surface area contributed by atoms with Crippen molar-refractivity contribution in [1.29, 1.82) is 0 Å². The van der Waals surface area contributed by atoms with Gasteiger partial charge in [-0.3, -0.25) is 4.79 Å². The predicted molar refractivity (Wildman–Crippen MR) is 80.0 cm³/mol. The summed E-state index contributed by atoms with van der Waals surface area (Å²) >= 11 is 0. The van der Waals surface area contributed by atoms with Crippen LogP contribution in [0, 0.1) is 6.92 Å². The van der Waals surface area contributed by atoms with Gasteiger partial charge in [0.05, 0.1) is 5.75 Å². The molecule has 1 aromatic carbocycles. The smallest absolute Gasteiger partial charge is 0.395 e. The maximum Gasteiger partial charge on any atom is 0.586 e. The van der Waals surface area contributed by atoms with Gasteiger partial charge in [-0.25, -0.2) is 8.42 Å². The average molecular weight is 374 g/mol. The summed E-state index contributed by atoms with van der Waals surface area (Å²) in [5.41, 5.74) is -0.0280. The number of amides is 1. The lowest BCUT2D eigenvalue weighted by atomic mass is 10.2. The molecule has 2 heterocycles. The molecule has 0 unspecified atom stereocenters. The minimum absolute atomic E-state index is 0.0280. The summed E-state index contributed by atoms with van der Waals surface area (Å²) in [7, 11) is -3.96. The van der Waals surface area contributed by atoms with E-state index < -0.39 is 33.5 Å². The van der Waals surface area contributed by atoms with Gasteiger partial charge in [0.15, 0.2) is 27.2 Å². The number of alkyl halides is 2. The number of aromatic nitrogens is 1. The molecule has 0 saturated carbocycles. The molecule has 1 N–H and O–H groups in total. The lowest BCUT2D eigenvalue weighted by Gasteiger charge is -2.08. The summed E-state index contributed by atoms with van der Waals surface area (Å²) in [6, 6.07) is 5.31. The van der Waals surface area contributed by atoms with E-state index in [1.807, 2.05) is 0 Å². The molecular formula is C14H12F2N2O6S. The second-order valence-corrected chi connectivity index (χ2v) is 7.38. The van der Waals surface area contributed by atoms with Gasteiger partial charge in [0.25, 0.3) is 0 Å². The van der Waals surface area contributed by atoms with Gasteiger partial charge in [-0.05, 0) is 13.0 Å². The number of carbonyl (C=O) groups excluding carboxylic acids is 1. The van der Waals surface area contributed by atoms with Crippen LogP contribution in [0.15, 0.2) is 28.8 Å². The van der Waals surface area contributed by atoms with Crippen LogP contribution in [-0.4, -0.2) is 31.5 Å². The normalized spacial score (nSPS) is 15.2. The summed E-state index contributed by atoms with van der Waals surface area (Å²) in [6.45, 7) is 1.60. The number of fused-ring (bicyclic) bond motifs is 1. The number of sulfone groups is 1. The van der Waals surface area contributed by atoms with E-state index in [4.69, 9.17) is 4.52 Å². The van der Waals surface area contributed by atoms with Crippen LogP contribution < -0.4 is 14.8 Å². The Morgan fingerprint density at radius 3 is 2.76 bits per heavy atom. The molecule has 8 nitrogen and oxygen atoms in total. The zero-order chi connectivity index (χ0) is 18.2. The molecule has 3 rings (SSSR count). The molecule has 2 aromatic rings. The standard InChI is InChI=1S/C14H12F2N2O6S/c1-8-5-11(18-24-8)17-12(19)7-25(20,21)6-9-3-2-4-10-13(9)23-14(15,16)22-10/h2-5H,6-7H2,1H3,(H,17,18,19). The van der Waals surface area contributed by atoms with Gasteiger partial charge < -0.3 is 19.3 Å². The summed E-state index contributed by atoms with van der Waals surface area (Å²) in [6.07, 6.45) is -3.86. The summed E-state index contributed by atoms with van der Waals surface area (Å²) in [5, 5.41) is 5.78. The number of carbonyl (C=O) groups is 1. The molecule has 1 amide bonds. The monoisotopic (exact) mass is 374 g/mol. The van der Waals surface area contributed by atoms with Crippen molar-refractivity contribution in [3.05, 3.63) is 35.6 Å². The third-order valence-electron chi connectivity index (χ3n) is 3.13. The number of anilines is 1. The van der Waals surface area contributed by atoms with E-state index in [1.54, 1.807) is 6.92 Å². The number of ether oxygens (including phenoxy) is 2. The molecule has 0 spiro atoms. The number of benzene rings is 1. The van der Waals surface area contributed by atoms with Crippen LogP contribution in [-0.2, 0) is 20.4 Å².